The summed E-state index contributed by atoms with van der Waals surface area (Å²) in [5.74, 6) is 0.134. The largest absolute Gasteiger partial charge is 0.287 e. The summed E-state index contributed by atoms with van der Waals surface area (Å²) in [4.78, 5) is 12.4. The normalized spacial score (nSPS) is 10.7. The Labute approximate surface area is 118 Å². The Bertz CT molecular complexity index is 777. The molecule has 0 N–H and O–H groups in total. The lowest BCUT2D eigenvalue weighted by Crippen LogP contribution is -2.40. The van der Waals surface area contributed by atoms with Crippen molar-refractivity contribution in [1.29, 1.82) is 0 Å². The maximum atomic E-state index is 12.4. The van der Waals surface area contributed by atoms with E-state index in [1.165, 1.54) is 0 Å². The van der Waals surface area contributed by atoms with Gasteiger partial charge in [0.25, 0.3) is 0 Å². The molecule has 0 amide bonds. The van der Waals surface area contributed by atoms with E-state index in [4.69, 9.17) is 0 Å². The Morgan fingerprint density at radius 2 is 1.70 bits per heavy atom. The van der Waals surface area contributed by atoms with Crippen molar-refractivity contribution < 1.29 is 9.36 Å². The average molecular weight is 262 g/mol. The van der Waals surface area contributed by atoms with Crippen LogP contribution in [-0.4, -0.2) is 5.78 Å². The number of carbonyl (C=O) groups is 1. The van der Waals surface area contributed by atoms with Gasteiger partial charge in [0.2, 0.25) is 12.3 Å². The van der Waals surface area contributed by atoms with Gasteiger partial charge in [0.15, 0.2) is 11.9 Å². The predicted octanol–water partition coefficient (Wildman–Crippen LogP) is 3.32. The first kappa shape index (κ1) is 12.5. The standard InChI is InChI=1S/C18H16NO/c1-14-6-4-5-11-19(14)13-18(20)17-10-9-15-7-2-3-8-16(15)12-17/h2-12H,13H2,1H3/q+1. The minimum absolute atomic E-state index is 0.134. The highest BCUT2D eigenvalue weighted by atomic mass is 16.1. The quantitative estimate of drug-likeness (QED) is 0.524. The first-order chi connectivity index (χ1) is 9.74. The van der Waals surface area contributed by atoms with Gasteiger partial charge in [0, 0.05) is 24.6 Å². The van der Waals surface area contributed by atoms with Gasteiger partial charge in [0.05, 0.1) is 0 Å². The summed E-state index contributed by atoms with van der Waals surface area (Å²) in [6.07, 6.45) is 1.94. The third-order valence-corrected chi connectivity index (χ3v) is 3.55. The van der Waals surface area contributed by atoms with Crippen LogP contribution in [0.2, 0.25) is 0 Å². The van der Waals surface area contributed by atoms with E-state index >= 15 is 0 Å². The van der Waals surface area contributed by atoms with Crippen LogP contribution in [0.15, 0.2) is 66.9 Å². The second-order valence-electron chi connectivity index (χ2n) is 4.96. The van der Waals surface area contributed by atoms with Crippen molar-refractivity contribution >= 4 is 16.6 Å². The van der Waals surface area contributed by atoms with E-state index in [0.29, 0.717) is 6.54 Å². The van der Waals surface area contributed by atoms with Crippen molar-refractivity contribution in [1.82, 2.24) is 0 Å². The maximum Gasteiger partial charge on any atom is 0.227 e. The number of benzene rings is 2. The first-order valence-corrected chi connectivity index (χ1v) is 6.71. The van der Waals surface area contributed by atoms with Crippen LogP contribution in [0.4, 0.5) is 0 Å². The molecular formula is C18H16NO+. The molecule has 0 saturated heterocycles. The number of hydrogen-bond acceptors (Lipinski definition) is 1. The summed E-state index contributed by atoms with van der Waals surface area (Å²) in [6, 6.07) is 19.9. The van der Waals surface area contributed by atoms with Gasteiger partial charge in [-0.3, -0.25) is 4.79 Å². The summed E-state index contributed by atoms with van der Waals surface area (Å²) in [5.41, 5.74) is 1.85. The van der Waals surface area contributed by atoms with E-state index in [-0.39, 0.29) is 5.78 Å². The summed E-state index contributed by atoms with van der Waals surface area (Å²) in [5, 5.41) is 2.26. The van der Waals surface area contributed by atoms with Gasteiger partial charge in [-0.15, -0.1) is 0 Å². The van der Waals surface area contributed by atoms with E-state index in [0.717, 1.165) is 22.0 Å². The van der Waals surface area contributed by atoms with Crippen molar-refractivity contribution in [3.8, 4) is 0 Å². The molecule has 0 unspecified atom stereocenters. The predicted molar refractivity (Wildman–Crippen MR) is 79.7 cm³/mol. The molecule has 0 aliphatic carbocycles. The topological polar surface area (TPSA) is 20.9 Å². The van der Waals surface area contributed by atoms with E-state index < -0.39 is 0 Å². The molecule has 1 aromatic heterocycles. The number of aryl methyl sites for hydroxylation is 1. The van der Waals surface area contributed by atoms with Crippen molar-refractivity contribution in [2.75, 3.05) is 0 Å². The molecule has 0 aliphatic rings. The second kappa shape index (κ2) is 5.25. The van der Waals surface area contributed by atoms with Gasteiger partial charge in [-0.05, 0) is 16.8 Å². The number of aromatic nitrogens is 1. The third kappa shape index (κ3) is 2.45. The van der Waals surface area contributed by atoms with Crippen LogP contribution in [0.25, 0.3) is 10.8 Å². The molecule has 3 rings (SSSR count). The number of nitrogens with zero attached hydrogens (tertiary/aromatic N) is 1. The van der Waals surface area contributed by atoms with Crippen LogP contribution >= 0.6 is 0 Å². The van der Waals surface area contributed by atoms with Crippen molar-refractivity contribution in [2.24, 2.45) is 0 Å². The zero-order valence-electron chi connectivity index (χ0n) is 11.4. The number of rotatable bonds is 3. The fourth-order valence-electron chi connectivity index (χ4n) is 2.35. The molecule has 0 spiro atoms. The van der Waals surface area contributed by atoms with Gasteiger partial charge in [-0.2, -0.15) is 4.57 Å². The first-order valence-electron chi connectivity index (χ1n) is 6.71. The van der Waals surface area contributed by atoms with E-state index in [2.05, 4.69) is 6.07 Å². The molecule has 0 bridgehead atoms. The zero-order valence-corrected chi connectivity index (χ0v) is 11.4. The highest BCUT2D eigenvalue weighted by Gasteiger charge is 2.14. The zero-order chi connectivity index (χ0) is 13.9. The number of carbonyl (C=O) groups excluding carboxylic acids is 1. The Morgan fingerprint density at radius 3 is 2.50 bits per heavy atom. The van der Waals surface area contributed by atoms with E-state index in [9.17, 15) is 4.79 Å². The van der Waals surface area contributed by atoms with Crippen LogP contribution in [0.3, 0.4) is 0 Å². The van der Waals surface area contributed by atoms with Crippen molar-refractivity contribution in [3.05, 3.63) is 78.1 Å². The Morgan fingerprint density at radius 1 is 0.950 bits per heavy atom. The Balaban J connectivity index is 1.91. The van der Waals surface area contributed by atoms with E-state index in [1.807, 2.05) is 72.3 Å². The Kier molecular flexibility index (Phi) is 3.30. The lowest BCUT2D eigenvalue weighted by Gasteiger charge is -2.02. The highest BCUT2D eigenvalue weighted by Crippen LogP contribution is 2.16. The molecule has 0 fully saturated rings. The van der Waals surface area contributed by atoms with Gasteiger partial charge in [-0.25, -0.2) is 0 Å². The van der Waals surface area contributed by atoms with Crippen molar-refractivity contribution in [2.45, 2.75) is 13.5 Å². The maximum absolute atomic E-state index is 12.4. The number of ketones is 1. The number of hydrogen-bond donors (Lipinski definition) is 0. The molecule has 98 valence electrons. The van der Waals surface area contributed by atoms with Crippen LogP contribution < -0.4 is 4.57 Å². The highest BCUT2D eigenvalue weighted by molar-refractivity contribution is 5.99. The Hall–Kier alpha value is -2.48. The summed E-state index contributed by atoms with van der Waals surface area (Å²) in [6.45, 7) is 2.39. The molecule has 20 heavy (non-hydrogen) atoms. The summed E-state index contributed by atoms with van der Waals surface area (Å²) < 4.78 is 1.97. The van der Waals surface area contributed by atoms with E-state index in [1.54, 1.807) is 0 Å². The lowest BCUT2D eigenvalue weighted by molar-refractivity contribution is -0.689. The summed E-state index contributed by atoms with van der Waals surface area (Å²) >= 11 is 0. The average Bonchev–Trinajstić information content (AvgIpc) is 2.49. The minimum Gasteiger partial charge on any atom is -0.287 e. The second-order valence-corrected chi connectivity index (χ2v) is 4.96. The minimum atomic E-state index is 0.134. The van der Waals surface area contributed by atoms with Crippen LogP contribution in [0.5, 0.6) is 0 Å². The van der Waals surface area contributed by atoms with Gasteiger partial charge in [0.1, 0.15) is 0 Å². The smallest absolute Gasteiger partial charge is 0.227 e. The summed E-state index contributed by atoms with van der Waals surface area (Å²) in [7, 11) is 0. The molecule has 2 heteroatoms. The van der Waals surface area contributed by atoms with Crippen molar-refractivity contribution in [3.63, 3.8) is 0 Å². The molecule has 0 saturated carbocycles. The fourth-order valence-corrected chi connectivity index (χ4v) is 2.35. The number of Topliss-reactive ketones (excluding diaryl/α,β-unsaturated/α-hetero) is 1. The number of pyridine rings is 1. The van der Waals surface area contributed by atoms with Gasteiger partial charge >= 0.3 is 0 Å². The molecule has 3 aromatic rings. The molecule has 1 heterocycles. The molecule has 0 aliphatic heterocycles. The lowest BCUT2D eigenvalue weighted by atomic mass is 10.0. The molecule has 2 aromatic carbocycles. The van der Waals surface area contributed by atoms with Gasteiger partial charge < -0.3 is 0 Å². The number of fused-ring (bicyclic) bond motifs is 1. The third-order valence-electron chi connectivity index (χ3n) is 3.55. The molecule has 0 radical (unpaired) electrons. The molecule has 2 nitrogen and oxygen atoms in total. The monoisotopic (exact) mass is 262 g/mol. The molecular weight excluding hydrogens is 246 g/mol. The van der Waals surface area contributed by atoms with Gasteiger partial charge in [-0.1, -0.05) is 42.5 Å². The molecule has 0 atom stereocenters. The SMILES string of the molecule is Cc1cccc[n+]1CC(=O)c1ccc2ccccc2c1. The van der Waals surface area contributed by atoms with Crippen LogP contribution in [0, 0.1) is 6.92 Å². The van der Waals surface area contributed by atoms with Crippen LogP contribution in [-0.2, 0) is 6.54 Å². The van der Waals surface area contributed by atoms with Crippen LogP contribution in [0.1, 0.15) is 16.1 Å². The fraction of sp³-hybridized carbons (Fsp3) is 0.111.